The number of rotatable bonds is 10. The Bertz CT molecular complexity index is 3810. The van der Waals surface area contributed by atoms with Crippen molar-refractivity contribution in [1.29, 1.82) is 0 Å². The van der Waals surface area contributed by atoms with Crippen molar-refractivity contribution in [3.8, 4) is 107 Å². The van der Waals surface area contributed by atoms with E-state index in [-0.39, 0.29) is 0 Å². The summed E-state index contributed by atoms with van der Waals surface area (Å²) in [5.74, 6) is 1.81. The van der Waals surface area contributed by atoms with Crippen LogP contribution in [0.5, 0.6) is 0 Å². The smallest absolute Gasteiger partial charge is 0.164 e. The van der Waals surface area contributed by atoms with E-state index in [0.29, 0.717) is 17.5 Å². The van der Waals surface area contributed by atoms with Gasteiger partial charge in [-0.15, -0.1) is 0 Å². The van der Waals surface area contributed by atoms with Crippen molar-refractivity contribution >= 4 is 21.8 Å². The number of hydrogen-bond acceptors (Lipinski definition) is 3. The zero-order valence-corrected chi connectivity index (χ0v) is 39.8. The molecule has 0 atom stereocenters. The van der Waals surface area contributed by atoms with Gasteiger partial charge in [0.05, 0.1) is 16.7 Å². The monoisotopic (exact) mass is 930 g/mol. The molecule has 0 radical (unpaired) electrons. The van der Waals surface area contributed by atoms with Crippen LogP contribution in [0.4, 0.5) is 0 Å². The number of nitrogens with zero attached hydrogens (tertiary/aromatic N) is 4. The Morgan fingerprint density at radius 2 is 0.438 bits per heavy atom. The molecule has 0 fully saturated rings. The maximum Gasteiger partial charge on any atom is 0.164 e. The summed E-state index contributed by atoms with van der Waals surface area (Å²) < 4.78 is 2.61. The van der Waals surface area contributed by atoms with E-state index in [0.717, 1.165) is 100 Å². The average molecular weight is 931 g/mol. The lowest BCUT2D eigenvalue weighted by Crippen LogP contribution is -2.05. The Labute approximate surface area is 424 Å². The van der Waals surface area contributed by atoms with Gasteiger partial charge in [0.15, 0.2) is 17.5 Å². The molecule has 4 heteroatoms. The average Bonchev–Trinajstić information content (AvgIpc) is 3.84. The minimum atomic E-state index is 0.587. The summed E-state index contributed by atoms with van der Waals surface area (Å²) in [6.45, 7) is 0. The van der Waals surface area contributed by atoms with E-state index >= 15 is 0 Å². The van der Waals surface area contributed by atoms with Crippen LogP contribution in [0.1, 0.15) is 0 Å². The van der Waals surface area contributed by atoms with E-state index in [1.165, 1.54) is 10.8 Å². The maximum atomic E-state index is 5.33. The largest absolute Gasteiger partial charge is 0.307 e. The van der Waals surface area contributed by atoms with Gasteiger partial charge in [-0.1, -0.05) is 267 Å². The Morgan fingerprint density at radius 3 is 0.740 bits per heavy atom. The molecule has 11 aromatic carbocycles. The molecule has 0 spiro atoms. The summed E-state index contributed by atoms with van der Waals surface area (Å²) in [7, 11) is 0. The molecule has 13 aromatic rings. The fourth-order valence-electron chi connectivity index (χ4n) is 10.5. The molecule has 4 nitrogen and oxygen atoms in total. The molecule has 0 N–H and O–H groups in total. The zero-order chi connectivity index (χ0) is 48.5. The van der Waals surface area contributed by atoms with Crippen LogP contribution < -0.4 is 0 Å². The van der Waals surface area contributed by atoms with Gasteiger partial charge in [0.1, 0.15) is 0 Å². The van der Waals surface area contributed by atoms with Crippen LogP contribution in [0.2, 0.25) is 0 Å². The SMILES string of the molecule is c1ccc(-c2nc(-c3ccccc3)nc(-c3cc(-c4ccccc4)c(-n4c5c(-c6ccccc6)ccc(-c6ccccc6)c5c5c(-c6ccccc6)ccc(-c6ccccc6)c54)c(-c4ccccc4)c3)n2)cc1. The second kappa shape index (κ2) is 18.9. The molecule has 0 bridgehead atoms. The standard InChI is InChI=1S/C69H46N4/c1-9-25-47(26-10-1)56-41-43-58(49-29-13-3-14-30-49)65-62(56)63-57(48-27-11-2-12-28-48)42-44-59(50-31-15-4-16-32-50)66(63)73(65)64-60(51-33-17-5-18-34-51)45-55(46-61(64)52-35-19-6-20-36-52)69-71-67(53-37-21-7-22-38-53)70-68(72-69)54-39-23-8-24-40-54/h1-46H. The normalized spacial score (nSPS) is 11.3. The third-order valence-electron chi connectivity index (χ3n) is 13.9. The lowest BCUT2D eigenvalue weighted by Gasteiger charge is -2.23. The van der Waals surface area contributed by atoms with E-state index in [9.17, 15) is 0 Å². The van der Waals surface area contributed by atoms with Gasteiger partial charge < -0.3 is 4.57 Å². The quantitative estimate of drug-likeness (QED) is 0.137. The summed E-state index contributed by atoms with van der Waals surface area (Å²) >= 11 is 0. The molecular formula is C69H46N4. The molecule has 2 heterocycles. The van der Waals surface area contributed by atoms with Crippen LogP contribution in [-0.4, -0.2) is 19.5 Å². The van der Waals surface area contributed by atoms with Gasteiger partial charge in [-0.05, 0) is 56.6 Å². The summed E-state index contributed by atoms with van der Waals surface area (Å²) in [6.07, 6.45) is 0. The van der Waals surface area contributed by atoms with Crippen LogP contribution in [0.3, 0.4) is 0 Å². The molecule has 13 rings (SSSR count). The molecule has 0 amide bonds. The van der Waals surface area contributed by atoms with Crippen LogP contribution in [0.15, 0.2) is 279 Å². The minimum absolute atomic E-state index is 0.587. The highest BCUT2D eigenvalue weighted by molar-refractivity contribution is 6.26. The maximum absolute atomic E-state index is 5.33. The number of aromatic nitrogens is 4. The fraction of sp³-hybridized carbons (Fsp3) is 0. The highest BCUT2D eigenvalue weighted by Gasteiger charge is 2.29. The lowest BCUT2D eigenvalue weighted by atomic mass is 9.90. The number of hydrogen-bond donors (Lipinski definition) is 0. The number of benzene rings is 11. The highest BCUT2D eigenvalue weighted by atomic mass is 15.0. The highest BCUT2D eigenvalue weighted by Crippen LogP contribution is 2.52. The molecule has 0 aliphatic heterocycles. The van der Waals surface area contributed by atoms with Gasteiger partial charge in [0.2, 0.25) is 0 Å². The van der Waals surface area contributed by atoms with Gasteiger partial charge in [-0.2, -0.15) is 0 Å². The molecule has 0 aliphatic carbocycles. The second-order valence-electron chi connectivity index (χ2n) is 18.3. The van der Waals surface area contributed by atoms with Crippen LogP contribution >= 0.6 is 0 Å². The van der Waals surface area contributed by atoms with Gasteiger partial charge >= 0.3 is 0 Å². The summed E-state index contributed by atoms with van der Waals surface area (Å²) in [6, 6.07) is 99.5. The molecular weight excluding hydrogens is 885 g/mol. The molecule has 0 saturated carbocycles. The van der Waals surface area contributed by atoms with E-state index in [1.54, 1.807) is 0 Å². The Morgan fingerprint density at radius 1 is 0.205 bits per heavy atom. The van der Waals surface area contributed by atoms with Crippen molar-refractivity contribution in [2.24, 2.45) is 0 Å². The Hall–Kier alpha value is -9.77. The van der Waals surface area contributed by atoms with Crippen LogP contribution in [-0.2, 0) is 0 Å². The summed E-state index contributed by atoms with van der Waals surface area (Å²) in [5.41, 5.74) is 19.3. The third kappa shape index (κ3) is 7.98. The van der Waals surface area contributed by atoms with Gasteiger partial charge in [-0.3, -0.25) is 0 Å². The fourth-order valence-corrected chi connectivity index (χ4v) is 10.5. The van der Waals surface area contributed by atoms with Crippen LogP contribution in [0, 0.1) is 0 Å². The number of fused-ring (bicyclic) bond motifs is 3. The van der Waals surface area contributed by atoms with Gasteiger partial charge in [-0.25, -0.2) is 15.0 Å². The first-order chi connectivity index (χ1) is 36.2. The van der Waals surface area contributed by atoms with E-state index in [4.69, 9.17) is 15.0 Å². The van der Waals surface area contributed by atoms with E-state index < -0.39 is 0 Å². The molecule has 0 saturated heterocycles. The topological polar surface area (TPSA) is 43.6 Å². The van der Waals surface area contributed by atoms with Crippen molar-refractivity contribution < 1.29 is 0 Å². The van der Waals surface area contributed by atoms with E-state index in [1.807, 2.05) is 36.4 Å². The summed E-state index contributed by atoms with van der Waals surface area (Å²) in [4.78, 5) is 15.8. The Balaban J connectivity index is 1.26. The van der Waals surface area contributed by atoms with Crippen LogP contribution in [0.25, 0.3) is 128 Å². The lowest BCUT2D eigenvalue weighted by molar-refractivity contribution is 1.07. The van der Waals surface area contributed by atoms with Crippen molar-refractivity contribution in [2.75, 3.05) is 0 Å². The van der Waals surface area contributed by atoms with Crippen molar-refractivity contribution in [2.45, 2.75) is 0 Å². The zero-order valence-electron chi connectivity index (χ0n) is 39.8. The molecule has 0 unspecified atom stereocenters. The first-order valence-electron chi connectivity index (χ1n) is 24.8. The van der Waals surface area contributed by atoms with Crippen molar-refractivity contribution in [3.63, 3.8) is 0 Å². The van der Waals surface area contributed by atoms with Crippen molar-refractivity contribution in [3.05, 3.63) is 279 Å². The third-order valence-corrected chi connectivity index (χ3v) is 13.9. The Kier molecular flexibility index (Phi) is 11.2. The predicted octanol–water partition coefficient (Wildman–Crippen LogP) is 18.0. The first-order valence-corrected chi connectivity index (χ1v) is 24.8. The first kappa shape index (κ1) is 43.3. The second-order valence-corrected chi connectivity index (χ2v) is 18.3. The molecule has 0 aliphatic rings. The van der Waals surface area contributed by atoms with Crippen molar-refractivity contribution in [1.82, 2.24) is 19.5 Å². The molecule has 342 valence electrons. The van der Waals surface area contributed by atoms with Gasteiger partial charge in [0, 0.05) is 49.7 Å². The minimum Gasteiger partial charge on any atom is -0.307 e. The molecule has 73 heavy (non-hydrogen) atoms. The predicted molar refractivity (Wildman–Crippen MR) is 303 cm³/mol. The van der Waals surface area contributed by atoms with E-state index in [2.05, 4.69) is 247 Å². The van der Waals surface area contributed by atoms with Gasteiger partial charge in [0.25, 0.3) is 0 Å². The molecule has 2 aromatic heterocycles. The summed E-state index contributed by atoms with van der Waals surface area (Å²) in [5, 5.41) is 2.36.